The predicted octanol–water partition coefficient (Wildman–Crippen LogP) is 2.81. The Morgan fingerprint density at radius 1 is 1.46 bits per heavy atom. The van der Waals surface area contributed by atoms with Gasteiger partial charge in [0.25, 0.3) is 5.91 Å². The lowest BCUT2D eigenvalue weighted by Crippen LogP contribution is -2.32. The Morgan fingerprint density at radius 3 is 2.92 bits per heavy atom. The lowest BCUT2D eigenvalue weighted by atomic mass is 10.1. The van der Waals surface area contributed by atoms with E-state index in [1.54, 1.807) is 29.1 Å². The van der Waals surface area contributed by atoms with Crippen LogP contribution in [0.5, 0.6) is 5.75 Å². The second kappa shape index (κ2) is 6.74. The van der Waals surface area contributed by atoms with Gasteiger partial charge in [0.05, 0.1) is 24.9 Å². The molecule has 8 heteroatoms. The number of rotatable bonds is 5. The first-order valence-electron chi connectivity index (χ1n) is 8.26. The molecule has 0 spiro atoms. The molecule has 1 amide bonds. The summed E-state index contributed by atoms with van der Waals surface area (Å²) in [6.07, 6.45) is 7.18. The van der Waals surface area contributed by atoms with Crippen molar-refractivity contribution in [3.05, 3.63) is 52.4 Å². The standard InChI is InChI=1S/C18H17ClN4O2S/c1-25-16-5-2-11(6-12(16)9-22-10-13(19)8-20-22)7-15-17(24)23(14-3-4-14)18(26)21-15/h2,5-8,10,14H,3-4,9H2,1H3,(H,21,26)/b15-7+. The number of nitrogens with one attached hydrogen (secondary N) is 1. The zero-order chi connectivity index (χ0) is 18.3. The molecule has 1 aromatic heterocycles. The van der Waals surface area contributed by atoms with Gasteiger partial charge in [0.15, 0.2) is 5.11 Å². The van der Waals surface area contributed by atoms with Gasteiger partial charge in [-0.15, -0.1) is 0 Å². The zero-order valence-corrected chi connectivity index (χ0v) is 15.7. The molecule has 2 aliphatic rings. The summed E-state index contributed by atoms with van der Waals surface area (Å²) in [6.45, 7) is 0.515. The first kappa shape index (κ1) is 17.1. The fourth-order valence-corrected chi connectivity index (χ4v) is 3.49. The number of aromatic nitrogens is 2. The van der Waals surface area contributed by atoms with Crippen LogP contribution in [0.4, 0.5) is 0 Å². The molecule has 0 radical (unpaired) electrons. The van der Waals surface area contributed by atoms with Crippen LogP contribution in [0.3, 0.4) is 0 Å². The van der Waals surface area contributed by atoms with Crippen molar-refractivity contribution in [3.8, 4) is 5.75 Å². The molecule has 6 nitrogen and oxygen atoms in total. The minimum absolute atomic E-state index is 0.0614. The number of carbonyl (C=O) groups is 1. The Bertz CT molecular complexity index is 920. The summed E-state index contributed by atoms with van der Waals surface area (Å²) >= 11 is 11.2. The third-order valence-corrected chi connectivity index (χ3v) is 4.87. The SMILES string of the molecule is COc1ccc(/C=C2/NC(=S)N(C3CC3)C2=O)cc1Cn1cc(Cl)cn1. The number of hydrogen-bond donors (Lipinski definition) is 1. The molecule has 0 atom stereocenters. The molecule has 134 valence electrons. The zero-order valence-electron chi connectivity index (χ0n) is 14.1. The smallest absolute Gasteiger partial charge is 0.276 e. The van der Waals surface area contributed by atoms with Crippen LogP contribution >= 0.6 is 23.8 Å². The largest absolute Gasteiger partial charge is 0.496 e. The molecule has 26 heavy (non-hydrogen) atoms. The van der Waals surface area contributed by atoms with Gasteiger partial charge in [-0.1, -0.05) is 17.7 Å². The number of carbonyl (C=O) groups excluding carboxylic acids is 1. The summed E-state index contributed by atoms with van der Waals surface area (Å²) < 4.78 is 7.17. The van der Waals surface area contributed by atoms with Gasteiger partial charge in [0.1, 0.15) is 11.4 Å². The van der Waals surface area contributed by atoms with Gasteiger partial charge in [-0.3, -0.25) is 14.4 Å². The van der Waals surface area contributed by atoms with Crippen molar-refractivity contribution >= 4 is 40.9 Å². The van der Waals surface area contributed by atoms with E-state index in [2.05, 4.69) is 10.4 Å². The monoisotopic (exact) mass is 388 g/mol. The second-order valence-electron chi connectivity index (χ2n) is 6.32. The van der Waals surface area contributed by atoms with Crippen LogP contribution in [0.1, 0.15) is 24.0 Å². The Hall–Kier alpha value is -2.38. The van der Waals surface area contributed by atoms with Crippen molar-refractivity contribution in [3.63, 3.8) is 0 Å². The number of hydrogen-bond acceptors (Lipinski definition) is 4. The minimum Gasteiger partial charge on any atom is -0.496 e. The van der Waals surface area contributed by atoms with Gasteiger partial charge in [0, 0.05) is 17.8 Å². The lowest BCUT2D eigenvalue weighted by Gasteiger charge is -2.11. The molecule has 1 saturated heterocycles. The van der Waals surface area contributed by atoms with E-state index in [9.17, 15) is 4.79 Å². The number of thiocarbonyl (C=S) groups is 1. The summed E-state index contributed by atoms with van der Waals surface area (Å²) in [5.41, 5.74) is 2.32. The third-order valence-electron chi connectivity index (χ3n) is 4.37. The highest BCUT2D eigenvalue weighted by molar-refractivity contribution is 7.80. The first-order valence-corrected chi connectivity index (χ1v) is 9.05. The quantitative estimate of drug-likeness (QED) is 0.630. The van der Waals surface area contributed by atoms with E-state index in [-0.39, 0.29) is 11.9 Å². The van der Waals surface area contributed by atoms with Gasteiger partial charge in [-0.05, 0) is 48.8 Å². The van der Waals surface area contributed by atoms with E-state index < -0.39 is 0 Å². The molecule has 1 aliphatic heterocycles. The molecule has 0 unspecified atom stereocenters. The summed E-state index contributed by atoms with van der Waals surface area (Å²) in [4.78, 5) is 14.2. The Morgan fingerprint density at radius 2 is 2.27 bits per heavy atom. The molecular formula is C18H17ClN4O2S. The van der Waals surface area contributed by atoms with E-state index in [0.717, 1.165) is 29.7 Å². The van der Waals surface area contributed by atoms with E-state index in [1.807, 2.05) is 24.3 Å². The number of nitrogens with zero attached hydrogens (tertiary/aromatic N) is 3. The molecule has 0 bridgehead atoms. The molecule has 2 fully saturated rings. The number of benzene rings is 1. The van der Waals surface area contributed by atoms with Gasteiger partial charge in [-0.2, -0.15) is 5.10 Å². The summed E-state index contributed by atoms with van der Waals surface area (Å²) in [5, 5.41) is 8.30. The van der Waals surface area contributed by atoms with Gasteiger partial charge in [-0.25, -0.2) is 0 Å². The number of halogens is 1. The fraction of sp³-hybridized carbons (Fsp3) is 0.278. The first-order chi connectivity index (χ1) is 12.5. The van der Waals surface area contributed by atoms with Crippen molar-refractivity contribution in [2.24, 2.45) is 0 Å². The molecular weight excluding hydrogens is 372 g/mol. The molecule has 1 aromatic carbocycles. The van der Waals surface area contributed by atoms with Gasteiger partial charge < -0.3 is 10.1 Å². The lowest BCUT2D eigenvalue weighted by molar-refractivity contribution is -0.122. The van der Waals surface area contributed by atoms with Crippen molar-refractivity contribution in [2.75, 3.05) is 7.11 Å². The van der Waals surface area contributed by atoms with E-state index in [1.165, 1.54) is 0 Å². The Balaban J connectivity index is 1.61. The molecule has 4 rings (SSSR count). The van der Waals surface area contributed by atoms with Gasteiger partial charge >= 0.3 is 0 Å². The van der Waals surface area contributed by atoms with Crippen LogP contribution in [-0.4, -0.2) is 38.9 Å². The number of ether oxygens (including phenoxy) is 1. The summed E-state index contributed by atoms with van der Waals surface area (Å²) in [6, 6.07) is 6.01. The summed E-state index contributed by atoms with van der Waals surface area (Å²) in [7, 11) is 1.63. The second-order valence-corrected chi connectivity index (χ2v) is 7.15. The maximum Gasteiger partial charge on any atom is 0.276 e. The number of amides is 1. The van der Waals surface area contributed by atoms with E-state index >= 15 is 0 Å². The normalized spacial score (nSPS) is 18.5. The highest BCUT2D eigenvalue weighted by atomic mass is 35.5. The fourth-order valence-electron chi connectivity index (χ4n) is 2.99. The van der Waals surface area contributed by atoms with Crippen molar-refractivity contribution in [1.29, 1.82) is 0 Å². The van der Waals surface area contributed by atoms with Crippen LogP contribution in [-0.2, 0) is 11.3 Å². The van der Waals surface area contributed by atoms with Crippen LogP contribution in [0.25, 0.3) is 6.08 Å². The maximum absolute atomic E-state index is 12.6. The van der Waals surface area contributed by atoms with Crippen LogP contribution < -0.4 is 10.1 Å². The van der Waals surface area contributed by atoms with E-state index in [4.69, 9.17) is 28.6 Å². The van der Waals surface area contributed by atoms with Crippen LogP contribution in [0, 0.1) is 0 Å². The average Bonchev–Trinajstić information content (AvgIpc) is 3.30. The average molecular weight is 389 g/mol. The topological polar surface area (TPSA) is 59.4 Å². The minimum atomic E-state index is -0.0614. The highest BCUT2D eigenvalue weighted by Crippen LogP contribution is 2.31. The van der Waals surface area contributed by atoms with Crippen LogP contribution in [0.15, 0.2) is 36.3 Å². The van der Waals surface area contributed by atoms with Crippen molar-refractivity contribution in [1.82, 2.24) is 20.0 Å². The van der Waals surface area contributed by atoms with Crippen molar-refractivity contribution < 1.29 is 9.53 Å². The number of methoxy groups -OCH3 is 1. The predicted molar refractivity (Wildman–Crippen MR) is 103 cm³/mol. The maximum atomic E-state index is 12.6. The summed E-state index contributed by atoms with van der Waals surface area (Å²) in [5.74, 6) is 0.688. The molecule has 1 aliphatic carbocycles. The Labute approximate surface area is 161 Å². The van der Waals surface area contributed by atoms with Crippen LogP contribution in [0.2, 0.25) is 5.02 Å². The molecule has 2 heterocycles. The van der Waals surface area contributed by atoms with Gasteiger partial charge in [0.2, 0.25) is 0 Å². The Kier molecular flexibility index (Phi) is 4.42. The third kappa shape index (κ3) is 3.32. The van der Waals surface area contributed by atoms with Crippen molar-refractivity contribution in [2.45, 2.75) is 25.4 Å². The molecule has 1 N–H and O–H groups in total. The molecule has 1 saturated carbocycles. The molecule has 2 aromatic rings. The van der Waals surface area contributed by atoms with E-state index in [0.29, 0.717) is 22.4 Å². The highest BCUT2D eigenvalue weighted by Gasteiger charge is 2.41.